The average Bonchev–Trinajstić information content (AvgIpc) is 0.786. The second-order valence-corrected chi connectivity index (χ2v) is 30.3. The van der Waals surface area contributed by atoms with Gasteiger partial charge in [-0.05, 0) is 157 Å². The van der Waals surface area contributed by atoms with E-state index in [4.69, 9.17) is 44.8 Å². The number of hydrogen-bond donors (Lipinski definition) is 10. The predicted octanol–water partition coefficient (Wildman–Crippen LogP) is 15.4. The van der Waals surface area contributed by atoms with E-state index in [1.807, 2.05) is 43.4 Å². The summed E-state index contributed by atoms with van der Waals surface area (Å²) in [5, 5.41) is 98.7. The molecule has 0 saturated heterocycles. The first-order valence-corrected chi connectivity index (χ1v) is 40.7. The summed E-state index contributed by atoms with van der Waals surface area (Å²) in [6.07, 6.45) is 31.5. The van der Waals surface area contributed by atoms with E-state index in [2.05, 4.69) is 0 Å². The minimum atomic E-state index is -1.05. The maximum absolute atomic E-state index is 12.8. The Kier molecular flexibility index (Phi) is 40.3. The van der Waals surface area contributed by atoms with Crippen LogP contribution < -0.4 is 9.47 Å². The average molecular weight is 1680 g/mol. The number of hydrogen-bond acceptors (Lipinski definition) is 27. The molecule has 5 aliphatic heterocycles. The smallest absolute Gasteiger partial charge is 0.342 e. The van der Waals surface area contributed by atoms with Crippen LogP contribution in [0.1, 0.15) is 249 Å². The van der Waals surface area contributed by atoms with Crippen LogP contribution in [0, 0.1) is 0 Å². The fraction of sp³-hybridized carbons (Fsp3) is 0.435. The third-order valence-corrected chi connectivity index (χ3v) is 20.0. The number of aromatic hydroxyl groups is 8. The lowest BCUT2D eigenvalue weighted by atomic mass is 9.96. The summed E-state index contributed by atoms with van der Waals surface area (Å²) in [6.45, 7) is 8.72. The number of methoxy groups -OCH3 is 2. The van der Waals surface area contributed by atoms with Crippen LogP contribution >= 0.6 is 11.6 Å². The van der Waals surface area contributed by atoms with Crippen LogP contribution in [-0.4, -0.2) is 167 Å². The zero-order valence-corrected chi connectivity index (χ0v) is 69.6. The number of aliphatic hydroxyl groups excluding tert-OH is 2. The van der Waals surface area contributed by atoms with E-state index < -0.39 is 59.7 Å². The number of fused-ring (bicyclic) bond motifs is 5. The highest BCUT2D eigenvalue weighted by atomic mass is 35.5. The van der Waals surface area contributed by atoms with Crippen LogP contribution in [0.15, 0.2) is 128 Å². The number of benzene rings is 5. The number of carbonyl (C=O) groups excluding carboxylic acids is 10. The largest absolute Gasteiger partial charge is 0.508 e. The second-order valence-electron chi connectivity index (χ2n) is 29.9. The van der Waals surface area contributed by atoms with Crippen molar-refractivity contribution in [3.63, 3.8) is 0 Å². The summed E-state index contributed by atoms with van der Waals surface area (Å²) >= 11 is 6.38. The van der Waals surface area contributed by atoms with Gasteiger partial charge in [0, 0.05) is 113 Å². The lowest BCUT2D eigenvalue weighted by Gasteiger charge is -2.22. The number of allylic oxidation sites excluding steroid dienone is 9. The van der Waals surface area contributed by atoms with E-state index in [1.54, 1.807) is 52.0 Å². The van der Waals surface area contributed by atoms with Crippen LogP contribution in [0.5, 0.6) is 57.5 Å². The molecule has 5 aromatic rings. The number of cyclic esters (lactones) is 5. The number of carbonyl (C=O) groups is 10. The number of rotatable bonds is 2. The topological polar surface area (TPSA) is 438 Å². The maximum Gasteiger partial charge on any atom is 0.342 e. The molecule has 0 aliphatic carbocycles. The van der Waals surface area contributed by atoms with Gasteiger partial charge < -0.3 is 84.2 Å². The molecule has 5 aromatic carbocycles. The Bertz CT molecular complexity index is 4600. The minimum absolute atomic E-state index is 0.00336. The van der Waals surface area contributed by atoms with Crippen LogP contribution in [-0.2, 0) is 79.8 Å². The van der Waals surface area contributed by atoms with E-state index in [9.17, 15) is 99.0 Å². The van der Waals surface area contributed by atoms with Gasteiger partial charge in [0.1, 0.15) is 127 Å². The van der Waals surface area contributed by atoms with Crippen LogP contribution in [0.3, 0.4) is 0 Å². The SMILES string of the molecule is CC1C/C=C/CC/C=C/C(=O)Cc2cc(O)cc(O)c2C(=O)O1.CC1C/C=C/CCCCC(=O)Cc2cc(O)cc(O)c2C(=O)O1.CC1CC(O)C(O)CCCCC(=O)Cc2cc(O)cc(O)c2C(=O)O1.CC1CCCCCCCC(=O)Cc2cc(O)cc(O)c2C(=O)O1.COc1cc(OC)c2c(c1Cl)CC(=O)/C=C/C=C\C=C\CC(C)OC2=O. The summed E-state index contributed by atoms with van der Waals surface area (Å²) < 4.78 is 37.3. The molecule has 120 heavy (non-hydrogen) atoms. The lowest BCUT2D eigenvalue weighted by Crippen LogP contribution is -2.31. The molecule has 648 valence electrons. The molecule has 0 radical (unpaired) electrons. The molecule has 5 aliphatic rings. The van der Waals surface area contributed by atoms with Gasteiger partial charge in [0.05, 0.1) is 37.6 Å². The molecular formula is C92H111ClO27. The quantitative estimate of drug-likeness (QED) is 0.0446. The van der Waals surface area contributed by atoms with Crippen molar-refractivity contribution in [1.29, 1.82) is 0 Å². The van der Waals surface area contributed by atoms with Crippen molar-refractivity contribution in [1.82, 2.24) is 0 Å². The van der Waals surface area contributed by atoms with Crippen molar-refractivity contribution in [2.45, 2.75) is 244 Å². The number of ether oxygens (including phenoxy) is 7. The monoisotopic (exact) mass is 1680 g/mol. The molecule has 0 saturated carbocycles. The summed E-state index contributed by atoms with van der Waals surface area (Å²) in [4.78, 5) is 123. The minimum Gasteiger partial charge on any atom is -0.508 e. The maximum atomic E-state index is 12.8. The molecular weight excluding hydrogens is 1570 g/mol. The molecule has 27 nitrogen and oxygen atoms in total. The van der Waals surface area contributed by atoms with Crippen LogP contribution in [0.25, 0.3) is 0 Å². The van der Waals surface area contributed by atoms with E-state index in [-0.39, 0.29) is 182 Å². The number of aliphatic hydroxyl groups is 2. The van der Waals surface area contributed by atoms with Crippen molar-refractivity contribution in [2.75, 3.05) is 14.2 Å². The fourth-order valence-corrected chi connectivity index (χ4v) is 13.8. The standard InChI is InChI=1S/C20H21ClO5.C18H24O7.C18H24O5.C18H22O5.C18H20O5/c1-13-9-7-5-4-6-8-10-14(22)11-15-18(20(23)26-13)16(24-2)12-17(25-3)19(15)21;1-10-6-15(22)14(21)5-3-2-4-12(19)7-11-8-13(20)9-16(23)17(11)18(24)25-10;3*1-12-7-5-3-2-4-6-8-14(19)9-13-10-15(20)11-16(21)17(13)18(22)23-12/h4-8,10,12-13H,9,11H2,1-3H3;8-10,14-15,20-23H,2-7H2,1H3;10-12,20-21H,2-9H2,1H3;3,5,10-12,20-21H,2,4,6-9H2,1H3;3,5-6,8,10-12,20-21H,2,4,7,9H2,1H3/b6-4-,7-5+,10-8+;;;5-3+;5-3+,8-6+. The number of Topliss-reactive ketones (excluding diaryl/α,β-unsaturated/α-hetero) is 3. The summed E-state index contributed by atoms with van der Waals surface area (Å²) in [7, 11) is 2.88. The Balaban J connectivity index is 0.000000233. The van der Waals surface area contributed by atoms with Gasteiger partial charge >= 0.3 is 29.8 Å². The van der Waals surface area contributed by atoms with Gasteiger partial charge in [-0.15, -0.1) is 0 Å². The molecule has 7 atom stereocenters. The van der Waals surface area contributed by atoms with E-state index in [0.717, 1.165) is 94.9 Å². The first-order valence-electron chi connectivity index (χ1n) is 40.3. The summed E-state index contributed by atoms with van der Waals surface area (Å²) in [6, 6.07) is 11.0. The van der Waals surface area contributed by atoms with E-state index in [1.165, 1.54) is 56.7 Å². The molecule has 7 unspecified atom stereocenters. The molecule has 10 rings (SSSR count). The van der Waals surface area contributed by atoms with Gasteiger partial charge in [-0.3, -0.25) is 24.0 Å². The van der Waals surface area contributed by atoms with Gasteiger partial charge in [0.15, 0.2) is 11.6 Å². The molecule has 0 spiro atoms. The first-order chi connectivity index (χ1) is 57.2. The van der Waals surface area contributed by atoms with Crippen molar-refractivity contribution < 1.29 is 132 Å². The highest BCUT2D eigenvalue weighted by Gasteiger charge is 2.31. The fourth-order valence-electron chi connectivity index (χ4n) is 13.5. The van der Waals surface area contributed by atoms with Gasteiger partial charge in [0.2, 0.25) is 0 Å². The van der Waals surface area contributed by atoms with E-state index in [0.29, 0.717) is 73.8 Å². The number of phenols is 8. The highest BCUT2D eigenvalue weighted by Crippen LogP contribution is 2.40. The van der Waals surface area contributed by atoms with Gasteiger partial charge in [0.25, 0.3) is 0 Å². The van der Waals surface area contributed by atoms with Crippen molar-refractivity contribution in [3.8, 4) is 57.5 Å². The summed E-state index contributed by atoms with van der Waals surface area (Å²) in [5.41, 5.74) is 1.26. The molecule has 0 fully saturated rings. The number of esters is 5. The van der Waals surface area contributed by atoms with Gasteiger partial charge in [-0.1, -0.05) is 98.0 Å². The van der Waals surface area contributed by atoms with Crippen LogP contribution in [0.2, 0.25) is 5.02 Å². The second kappa shape index (κ2) is 49.7. The number of phenolic OH excluding ortho intramolecular Hbond substituents is 8. The normalized spacial score (nSPS) is 22.8. The molecule has 28 heteroatoms. The van der Waals surface area contributed by atoms with Crippen molar-refractivity contribution >= 4 is 70.4 Å². The molecule has 10 N–H and O–H groups in total. The lowest BCUT2D eigenvalue weighted by molar-refractivity contribution is -0.119. The first kappa shape index (κ1) is 97.3. The third-order valence-electron chi connectivity index (χ3n) is 19.6. The third kappa shape index (κ3) is 32.3. The molecule has 0 bridgehead atoms. The Labute approximate surface area is 703 Å². The Morgan fingerprint density at radius 1 is 0.342 bits per heavy atom. The molecule has 0 aromatic heterocycles. The number of ketones is 5. The van der Waals surface area contributed by atoms with Gasteiger partial charge in [-0.2, -0.15) is 0 Å². The van der Waals surface area contributed by atoms with E-state index >= 15 is 0 Å². The zero-order valence-electron chi connectivity index (χ0n) is 68.8. The molecule has 5 heterocycles. The Morgan fingerprint density at radius 2 is 0.717 bits per heavy atom. The summed E-state index contributed by atoms with van der Waals surface area (Å²) in [5.74, 6) is -5.87. The van der Waals surface area contributed by atoms with Crippen molar-refractivity contribution in [2.24, 2.45) is 0 Å². The highest BCUT2D eigenvalue weighted by molar-refractivity contribution is 6.33. The van der Waals surface area contributed by atoms with Gasteiger partial charge in [-0.25, -0.2) is 24.0 Å². The van der Waals surface area contributed by atoms with Crippen molar-refractivity contribution in [3.05, 3.63) is 188 Å². The number of halogens is 1. The zero-order chi connectivity index (χ0) is 88.1. The Hall–Kier alpha value is -11.6. The predicted molar refractivity (Wildman–Crippen MR) is 445 cm³/mol. The molecule has 0 amide bonds. The Morgan fingerprint density at radius 3 is 1.20 bits per heavy atom. The van der Waals surface area contributed by atoms with Crippen LogP contribution in [0.4, 0.5) is 0 Å².